The average Bonchev–Trinajstić information content (AvgIpc) is 2.76. The highest BCUT2D eigenvalue weighted by Crippen LogP contribution is 2.34. The molecule has 0 saturated heterocycles. The molecule has 1 aromatic carbocycles. The van der Waals surface area contributed by atoms with Gasteiger partial charge in [0, 0.05) is 18.8 Å². The Labute approximate surface area is 103 Å². The van der Waals surface area contributed by atoms with Crippen LogP contribution in [0.5, 0.6) is 0 Å². The largest absolute Gasteiger partial charge is 0.388 e. The lowest BCUT2D eigenvalue weighted by molar-refractivity contribution is 0.0545. The van der Waals surface area contributed by atoms with Gasteiger partial charge in [0.25, 0.3) is 0 Å². The minimum atomic E-state index is -0.426. The van der Waals surface area contributed by atoms with E-state index in [2.05, 4.69) is 29.2 Å². The summed E-state index contributed by atoms with van der Waals surface area (Å²) in [7, 11) is 0. The van der Waals surface area contributed by atoms with Crippen molar-refractivity contribution in [3.05, 3.63) is 29.8 Å². The van der Waals surface area contributed by atoms with Gasteiger partial charge in [-0.25, -0.2) is 0 Å². The van der Waals surface area contributed by atoms with E-state index in [9.17, 15) is 5.11 Å². The van der Waals surface area contributed by atoms with Crippen molar-refractivity contribution in [2.75, 3.05) is 18.0 Å². The molecular weight excluding hydrogens is 210 g/mol. The Bertz CT molecular complexity index is 396. The summed E-state index contributed by atoms with van der Waals surface area (Å²) in [5.41, 5.74) is 2.36. The Kier molecular flexibility index (Phi) is 2.83. The fourth-order valence-corrected chi connectivity index (χ4v) is 3.32. The van der Waals surface area contributed by atoms with E-state index >= 15 is 0 Å². The normalized spacial score (nSPS) is 22.5. The van der Waals surface area contributed by atoms with E-state index in [1.807, 2.05) is 0 Å². The van der Waals surface area contributed by atoms with E-state index in [1.165, 1.54) is 36.9 Å². The number of aryl methyl sites for hydroxylation is 1. The number of hydrogen-bond acceptors (Lipinski definition) is 2. The molecule has 0 amide bonds. The topological polar surface area (TPSA) is 23.5 Å². The molecule has 92 valence electrons. The van der Waals surface area contributed by atoms with Crippen LogP contribution in [0.4, 0.5) is 5.69 Å². The molecule has 0 atom stereocenters. The van der Waals surface area contributed by atoms with Crippen molar-refractivity contribution in [2.45, 2.75) is 44.1 Å². The van der Waals surface area contributed by atoms with Crippen molar-refractivity contribution in [2.24, 2.45) is 0 Å². The molecule has 2 nitrogen and oxygen atoms in total. The van der Waals surface area contributed by atoms with Gasteiger partial charge in [0.2, 0.25) is 0 Å². The Morgan fingerprint density at radius 3 is 2.71 bits per heavy atom. The van der Waals surface area contributed by atoms with Crippen molar-refractivity contribution in [3.8, 4) is 0 Å². The molecule has 0 aromatic heterocycles. The van der Waals surface area contributed by atoms with E-state index in [0.29, 0.717) is 0 Å². The van der Waals surface area contributed by atoms with Crippen LogP contribution < -0.4 is 4.90 Å². The zero-order chi connectivity index (χ0) is 11.7. The van der Waals surface area contributed by atoms with Gasteiger partial charge in [0.15, 0.2) is 0 Å². The van der Waals surface area contributed by atoms with Crippen LogP contribution in [0.15, 0.2) is 24.3 Å². The van der Waals surface area contributed by atoms with Gasteiger partial charge in [0.1, 0.15) is 0 Å². The van der Waals surface area contributed by atoms with Gasteiger partial charge in [-0.2, -0.15) is 0 Å². The second-order valence-corrected chi connectivity index (χ2v) is 5.59. The Balaban J connectivity index is 1.81. The van der Waals surface area contributed by atoms with Gasteiger partial charge < -0.3 is 10.0 Å². The minimum Gasteiger partial charge on any atom is -0.388 e. The number of hydrogen-bond donors (Lipinski definition) is 1. The molecular formula is C15H21NO. The summed E-state index contributed by atoms with van der Waals surface area (Å²) in [6.45, 7) is 1.92. The summed E-state index contributed by atoms with van der Waals surface area (Å²) in [5.74, 6) is 0. The number of fused-ring (bicyclic) bond motifs is 1. The fraction of sp³-hybridized carbons (Fsp3) is 0.600. The van der Waals surface area contributed by atoms with Gasteiger partial charge in [-0.3, -0.25) is 0 Å². The van der Waals surface area contributed by atoms with Crippen molar-refractivity contribution in [3.63, 3.8) is 0 Å². The van der Waals surface area contributed by atoms with Crippen molar-refractivity contribution < 1.29 is 5.11 Å². The highest BCUT2D eigenvalue weighted by molar-refractivity contribution is 5.55. The van der Waals surface area contributed by atoms with E-state index in [0.717, 1.165) is 25.9 Å². The number of anilines is 1. The molecule has 1 fully saturated rings. The summed E-state index contributed by atoms with van der Waals surface area (Å²) < 4.78 is 0. The monoisotopic (exact) mass is 231 g/mol. The lowest BCUT2D eigenvalue weighted by Gasteiger charge is -2.36. The smallest absolute Gasteiger partial charge is 0.0821 e. The molecule has 1 aromatic rings. The van der Waals surface area contributed by atoms with Gasteiger partial charge in [-0.1, -0.05) is 31.0 Å². The van der Waals surface area contributed by atoms with Crippen molar-refractivity contribution >= 4 is 5.69 Å². The first-order valence-electron chi connectivity index (χ1n) is 6.82. The molecule has 1 aliphatic heterocycles. The third-order valence-electron chi connectivity index (χ3n) is 4.23. The summed E-state index contributed by atoms with van der Waals surface area (Å²) in [6.07, 6.45) is 6.73. The first-order valence-corrected chi connectivity index (χ1v) is 6.82. The van der Waals surface area contributed by atoms with Gasteiger partial charge in [0.05, 0.1) is 5.60 Å². The average molecular weight is 231 g/mol. The van der Waals surface area contributed by atoms with Crippen LogP contribution in [0, 0.1) is 0 Å². The molecule has 2 heteroatoms. The summed E-state index contributed by atoms with van der Waals surface area (Å²) in [5, 5.41) is 10.5. The Morgan fingerprint density at radius 2 is 1.88 bits per heavy atom. The van der Waals surface area contributed by atoms with E-state index < -0.39 is 5.60 Å². The highest BCUT2D eigenvalue weighted by Gasteiger charge is 2.34. The predicted molar refractivity (Wildman–Crippen MR) is 70.4 cm³/mol. The minimum absolute atomic E-state index is 0.426. The molecule has 1 heterocycles. The third-order valence-corrected chi connectivity index (χ3v) is 4.23. The number of rotatable bonds is 2. The van der Waals surface area contributed by atoms with Crippen LogP contribution >= 0.6 is 0 Å². The van der Waals surface area contributed by atoms with E-state index in [-0.39, 0.29) is 0 Å². The van der Waals surface area contributed by atoms with Crippen LogP contribution in [0.3, 0.4) is 0 Å². The zero-order valence-corrected chi connectivity index (χ0v) is 10.4. The molecule has 17 heavy (non-hydrogen) atoms. The third kappa shape index (κ3) is 2.19. The number of benzene rings is 1. The molecule has 0 spiro atoms. The molecule has 1 saturated carbocycles. The number of para-hydroxylation sites is 1. The van der Waals surface area contributed by atoms with Crippen LogP contribution in [0.2, 0.25) is 0 Å². The fourth-order valence-electron chi connectivity index (χ4n) is 3.32. The number of nitrogens with zero attached hydrogens (tertiary/aromatic N) is 1. The standard InChI is InChI=1S/C15H21NO/c17-15(9-3-4-10-15)12-16-11-5-7-13-6-1-2-8-14(13)16/h1-2,6,8,17H,3-5,7,9-12H2. The van der Waals surface area contributed by atoms with Crippen LogP contribution in [-0.2, 0) is 6.42 Å². The van der Waals surface area contributed by atoms with Crippen LogP contribution in [0.1, 0.15) is 37.7 Å². The molecule has 0 bridgehead atoms. The maximum absolute atomic E-state index is 10.5. The predicted octanol–water partition coefficient (Wildman–Crippen LogP) is 2.74. The zero-order valence-electron chi connectivity index (χ0n) is 10.4. The summed E-state index contributed by atoms with van der Waals surface area (Å²) in [4.78, 5) is 2.39. The quantitative estimate of drug-likeness (QED) is 0.846. The molecule has 2 aliphatic rings. The Hall–Kier alpha value is -1.02. The lowest BCUT2D eigenvalue weighted by atomic mass is 9.97. The SMILES string of the molecule is OC1(CN2CCCc3ccccc32)CCCC1. The van der Waals surface area contributed by atoms with Gasteiger partial charge in [-0.15, -0.1) is 0 Å². The van der Waals surface area contributed by atoms with Crippen LogP contribution in [-0.4, -0.2) is 23.8 Å². The van der Waals surface area contributed by atoms with Crippen LogP contribution in [0.25, 0.3) is 0 Å². The number of β-amino-alcohol motifs (C(OH)–C–C–N with tert-alkyl or cyclic N) is 1. The maximum Gasteiger partial charge on any atom is 0.0821 e. The van der Waals surface area contributed by atoms with Crippen molar-refractivity contribution in [1.82, 2.24) is 0 Å². The van der Waals surface area contributed by atoms with Gasteiger partial charge >= 0.3 is 0 Å². The molecule has 1 aliphatic carbocycles. The highest BCUT2D eigenvalue weighted by atomic mass is 16.3. The maximum atomic E-state index is 10.5. The van der Waals surface area contributed by atoms with Crippen molar-refractivity contribution in [1.29, 1.82) is 0 Å². The second kappa shape index (κ2) is 4.34. The molecule has 0 unspecified atom stereocenters. The van der Waals surface area contributed by atoms with Gasteiger partial charge in [-0.05, 0) is 37.3 Å². The molecule has 1 N–H and O–H groups in total. The number of aliphatic hydroxyl groups is 1. The first kappa shape index (κ1) is 11.1. The Morgan fingerprint density at radius 1 is 1.12 bits per heavy atom. The molecule has 0 radical (unpaired) electrons. The first-order chi connectivity index (χ1) is 8.27. The second-order valence-electron chi connectivity index (χ2n) is 5.59. The molecule has 3 rings (SSSR count). The van der Waals surface area contributed by atoms with E-state index in [4.69, 9.17) is 0 Å². The summed E-state index contributed by atoms with van der Waals surface area (Å²) in [6, 6.07) is 8.65. The van der Waals surface area contributed by atoms with E-state index in [1.54, 1.807) is 0 Å². The lowest BCUT2D eigenvalue weighted by Crippen LogP contribution is -2.43. The summed E-state index contributed by atoms with van der Waals surface area (Å²) >= 11 is 0.